The van der Waals surface area contributed by atoms with Crippen molar-refractivity contribution in [3.05, 3.63) is 28.8 Å². The van der Waals surface area contributed by atoms with Crippen LogP contribution in [0.25, 0.3) is 0 Å². The Morgan fingerprint density at radius 3 is 2.53 bits per heavy atom. The highest BCUT2D eigenvalue weighted by atomic mass is 35.5. The van der Waals surface area contributed by atoms with E-state index in [0.29, 0.717) is 16.8 Å². The summed E-state index contributed by atoms with van der Waals surface area (Å²) in [5, 5.41) is 10.7. The number of hydrogen-bond acceptors (Lipinski definition) is 3. The first-order valence-corrected chi connectivity index (χ1v) is 7.25. The van der Waals surface area contributed by atoms with Crippen LogP contribution in [0, 0.1) is 0 Å². The molecule has 19 heavy (non-hydrogen) atoms. The number of aromatic hydroxyl groups is 1. The van der Waals surface area contributed by atoms with Gasteiger partial charge >= 0.3 is 0 Å². The minimum atomic E-state index is 0.210. The van der Waals surface area contributed by atoms with Crippen molar-refractivity contribution in [3.8, 4) is 5.75 Å². The molecule has 1 atom stereocenters. The first-order valence-electron chi connectivity index (χ1n) is 6.88. The molecule has 0 radical (unpaired) electrons. The number of piperidine rings is 1. The third-order valence-electron chi connectivity index (χ3n) is 4.22. The summed E-state index contributed by atoms with van der Waals surface area (Å²) in [6, 6.07) is 6.17. The first kappa shape index (κ1) is 14.6. The van der Waals surface area contributed by atoms with Gasteiger partial charge < -0.3 is 10.0 Å². The maximum atomic E-state index is 9.98. The summed E-state index contributed by atoms with van der Waals surface area (Å²) >= 11 is 6.03. The van der Waals surface area contributed by atoms with E-state index in [1.165, 1.54) is 12.8 Å². The molecule has 4 heteroatoms. The fraction of sp³-hybridized carbons (Fsp3) is 0.600. The number of nitrogens with zero attached hydrogens (tertiary/aromatic N) is 2. The molecule has 0 saturated carbocycles. The van der Waals surface area contributed by atoms with Gasteiger partial charge in [0.2, 0.25) is 0 Å². The average Bonchev–Trinajstić information content (AvgIpc) is 2.41. The molecule has 106 valence electrons. The second kappa shape index (κ2) is 6.12. The molecule has 0 bridgehead atoms. The monoisotopic (exact) mass is 282 g/mol. The molecule has 1 fully saturated rings. The Bertz CT molecular complexity index is 428. The van der Waals surface area contributed by atoms with E-state index in [-0.39, 0.29) is 6.04 Å². The predicted molar refractivity (Wildman–Crippen MR) is 79.8 cm³/mol. The largest absolute Gasteiger partial charge is 0.508 e. The normalized spacial score (nSPS) is 19.8. The molecule has 0 aliphatic carbocycles. The summed E-state index contributed by atoms with van der Waals surface area (Å²) in [6.45, 7) is 4.27. The van der Waals surface area contributed by atoms with Crippen LogP contribution in [0.3, 0.4) is 0 Å². The second-order valence-corrected chi connectivity index (χ2v) is 6.05. The highest BCUT2D eigenvalue weighted by Crippen LogP contribution is 2.32. The third-order valence-corrected chi connectivity index (χ3v) is 4.45. The molecule has 3 nitrogen and oxygen atoms in total. The van der Waals surface area contributed by atoms with Crippen LogP contribution >= 0.6 is 11.6 Å². The van der Waals surface area contributed by atoms with Crippen LogP contribution in [0.4, 0.5) is 0 Å². The highest BCUT2D eigenvalue weighted by molar-refractivity contribution is 6.30. The molecular weight excluding hydrogens is 260 g/mol. The molecule has 1 unspecified atom stereocenters. The van der Waals surface area contributed by atoms with Gasteiger partial charge in [-0.05, 0) is 52.1 Å². The molecule has 1 N–H and O–H groups in total. The van der Waals surface area contributed by atoms with E-state index < -0.39 is 0 Å². The molecule has 1 aromatic rings. The fourth-order valence-corrected chi connectivity index (χ4v) is 3.03. The molecule has 2 rings (SSSR count). The first-order chi connectivity index (χ1) is 8.99. The maximum absolute atomic E-state index is 9.98. The third kappa shape index (κ3) is 3.41. The van der Waals surface area contributed by atoms with E-state index in [9.17, 15) is 5.11 Å². The van der Waals surface area contributed by atoms with Crippen molar-refractivity contribution >= 4 is 11.6 Å². The van der Waals surface area contributed by atoms with E-state index in [4.69, 9.17) is 11.6 Å². The summed E-state index contributed by atoms with van der Waals surface area (Å²) in [4.78, 5) is 4.73. The van der Waals surface area contributed by atoms with Crippen molar-refractivity contribution < 1.29 is 5.11 Å². The Hall–Kier alpha value is -0.770. The lowest BCUT2D eigenvalue weighted by Crippen LogP contribution is -2.42. The maximum Gasteiger partial charge on any atom is 0.120 e. The predicted octanol–water partition coefficient (Wildman–Crippen LogP) is 3.13. The van der Waals surface area contributed by atoms with Crippen LogP contribution in [0.2, 0.25) is 5.02 Å². The van der Waals surface area contributed by atoms with E-state index >= 15 is 0 Å². The zero-order valence-electron chi connectivity index (χ0n) is 11.9. The number of halogens is 1. The number of phenols is 1. The smallest absolute Gasteiger partial charge is 0.120 e. The van der Waals surface area contributed by atoms with E-state index in [0.717, 1.165) is 18.7 Å². The Labute approximate surface area is 120 Å². The van der Waals surface area contributed by atoms with Crippen LogP contribution in [0.1, 0.15) is 31.4 Å². The lowest BCUT2D eigenvalue weighted by Gasteiger charge is -2.38. The van der Waals surface area contributed by atoms with Gasteiger partial charge in [0.15, 0.2) is 0 Å². The molecule has 1 aliphatic heterocycles. The van der Waals surface area contributed by atoms with E-state index in [1.807, 2.05) is 6.07 Å². The Morgan fingerprint density at radius 1 is 1.32 bits per heavy atom. The number of likely N-dealkylation sites (tertiary alicyclic amines) is 1. The van der Waals surface area contributed by atoms with Crippen molar-refractivity contribution in [1.82, 2.24) is 9.80 Å². The van der Waals surface area contributed by atoms with Gasteiger partial charge in [0.25, 0.3) is 0 Å². The van der Waals surface area contributed by atoms with Gasteiger partial charge in [0.1, 0.15) is 5.75 Å². The van der Waals surface area contributed by atoms with Gasteiger partial charge in [0, 0.05) is 35.8 Å². The van der Waals surface area contributed by atoms with Crippen molar-refractivity contribution in [2.24, 2.45) is 0 Å². The molecular formula is C15H23ClN2O. The second-order valence-electron chi connectivity index (χ2n) is 5.61. The molecule has 0 amide bonds. The van der Waals surface area contributed by atoms with Crippen LogP contribution in [-0.2, 0) is 0 Å². The minimum absolute atomic E-state index is 0.210. The average molecular weight is 283 g/mol. The molecule has 0 spiro atoms. The molecule has 0 aromatic heterocycles. The summed E-state index contributed by atoms with van der Waals surface area (Å²) in [5.41, 5.74) is 0.927. The zero-order chi connectivity index (χ0) is 14.0. The number of hydrogen-bond donors (Lipinski definition) is 1. The lowest BCUT2D eigenvalue weighted by molar-refractivity contribution is 0.114. The quantitative estimate of drug-likeness (QED) is 0.923. The Kier molecular flexibility index (Phi) is 4.71. The van der Waals surface area contributed by atoms with Crippen LogP contribution < -0.4 is 0 Å². The number of benzene rings is 1. The summed E-state index contributed by atoms with van der Waals surface area (Å²) < 4.78 is 0. The molecule has 1 saturated heterocycles. The standard InChI is InChI=1S/C15H23ClN2O/c1-11(14-10-12(16)4-5-15(14)19)18-8-6-13(7-9-18)17(2)3/h4-5,10-11,13,19H,6-9H2,1-3H3. The van der Waals surface area contributed by atoms with Crippen molar-refractivity contribution in [3.63, 3.8) is 0 Å². The topological polar surface area (TPSA) is 26.7 Å². The van der Waals surface area contributed by atoms with Gasteiger partial charge in [-0.2, -0.15) is 0 Å². The number of phenolic OH excluding ortho intramolecular Hbond substituents is 1. The van der Waals surface area contributed by atoms with Crippen LogP contribution in [0.5, 0.6) is 5.75 Å². The zero-order valence-corrected chi connectivity index (χ0v) is 12.7. The van der Waals surface area contributed by atoms with Crippen molar-refractivity contribution in [2.75, 3.05) is 27.2 Å². The van der Waals surface area contributed by atoms with Gasteiger partial charge in [0.05, 0.1) is 0 Å². The minimum Gasteiger partial charge on any atom is -0.508 e. The summed E-state index contributed by atoms with van der Waals surface area (Å²) in [7, 11) is 4.29. The summed E-state index contributed by atoms with van der Waals surface area (Å²) in [6.07, 6.45) is 2.36. The van der Waals surface area contributed by atoms with Gasteiger partial charge in [-0.3, -0.25) is 4.90 Å². The number of rotatable bonds is 3. The van der Waals surface area contributed by atoms with Crippen molar-refractivity contribution in [2.45, 2.75) is 31.8 Å². The van der Waals surface area contributed by atoms with Gasteiger partial charge in [-0.15, -0.1) is 0 Å². The fourth-order valence-electron chi connectivity index (χ4n) is 2.85. The SMILES string of the molecule is CC(c1cc(Cl)ccc1O)N1CCC(N(C)C)CC1. The lowest BCUT2D eigenvalue weighted by atomic mass is 9.99. The van der Waals surface area contributed by atoms with E-state index in [1.54, 1.807) is 12.1 Å². The van der Waals surface area contributed by atoms with Crippen LogP contribution in [-0.4, -0.2) is 48.1 Å². The van der Waals surface area contributed by atoms with Crippen LogP contribution in [0.15, 0.2) is 18.2 Å². The van der Waals surface area contributed by atoms with Gasteiger partial charge in [-0.1, -0.05) is 11.6 Å². The highest BCUT2D eigenvalue weighted by Gasteiger charge is 2.25. The van der Waals surface area contributed by atoms with Gasteiger partial charge in [-0.25, -0.2) is 0 Å². The molecule has 1 aromatic carbocycles. The Balaban J connectivity index is 2.05. The molecule has 1 aliphatic rings. The summed E-state index contributed by atoms with van der Waals surface area (Å²) in [5.74, 6) is 0.339. The van der Waals surface area contributed by atoms with Crippen molar-refractivity contribution in [1.29, 1.82) is 0 Å². The Morgan fingerprint density at radius 2 is 1.95 bits per heavy atom. The molecule has 1 heterocycles. The van der Waals surface area contributed by atoms with E-state index in [2.05, 4.69) is 30.8 Å².